The number of ketones is 1. The smallest absolute Gasteiger partial charge is 0.387 e. The van der Waals surface area contributed by atoms with E-state index in [0.29, 0.717) is 21.9 Å². The van der Waals surface area contributed by atoms with Crippen LogP contribution in [0.25, 0.3) is 10.9 Å². The summed E-state index contributed by atoms with van der Waals surface area (Å²) in [5.41, 5.74) is 1.13. The molecule has 7 heteroatoms. The zero-order valence-electron chi connectivity index (χ0n) is 13.1. The van der Waals surface area contributed by atoms with Crippen molar-refractivity contribution in [2.45, 2.75) is 6.61 Å². The lowest BCUT2D eigenvalue weighted by Crippen LogP contribution is -2.13. The first-order valence-electron chi connectivity index (χ1n) is 6.95. The van der Waals surface area contributed by atoms with Crippen LogP contribution in [0.5, 0.6) is 5.75 Å². The maximum absolute atomic E-state index is 12.5. The molecule has 0 atom stereocenters. The third-order valence-corrected chi connectivity index (χ3v) is 3.81. The number of benzene rings is 1. The molecule has 0 saturated heterocycles. The molecule has 0 aliphatic heterocycles. The van der Waals surface area contributed by atoms with Gasteiger partial charge in [-0.05, 0) is 48.2 Å². The van der Waals surface area contributed by atoms with Crippen molar-refractivity contribution in [3.8, 4) is 18.1 Å². The molecule has 24 heavy (non-hydrogen) atoms. The lowest BCUT2D eigenvalue weighted by Gasteiger charge is -2.06. The maximum atomic E-state index is 12.5. The predicted molar refractivity (Wildman–Crippen MR) is 92.4 cm³/mol. The Morgan fingerprint density at radius 1 is 1.46 bits per heavy atom. The number of nitrogens with one attached hydrogen (secondary N) is 1. The summed E-state index contributed by atoms with van der Waals surface area (Å²) in [6.07, 6.45) is 7.07. The molecule has 1 aromatic carbocycles. The van der Waals surface area contributed by atoms with Crippen LogP contribution in [-0.2, 0) is 0 Å². The normalized spacial score (nSPS) is 12.0. The van der Waals surface area contributed by atoms with Crippen molar-refractivity contribution in [2.75, 3.05) is 20.6 Å². The van der Waals surface area contributed by atoms with Crippen LogP contribution >= 0.6 is 15.9 Å². The number of fused-ring (bicyclic) bond motifs is 1. The number of likely N-dealkylation sites (N-methyl/N-ethyl adjacent to an activating group) is 1. The number of halogens is 3. The van der Waals surface area contributed by atoms with Gasteiger partial charge in [0, 0.05) is 17.4 Å². The fourth-order valence-corrected chi connectivity index (χ4v) is 2.52. The number of hydrogen-bond acceptors (Lipinski definition) is 3. The second-order valence-electron chi connectivity index (χ2n) is 5.28. The number of alkyl halides is 2. The molecule has 126 valence electrons. The Labute approximate surface area is 146 Å². The highest BCUT2D eigenvalue weighted by atomic mass is 79.9. The van der Waals surface area contributed by atoms with Crippen LogP contribution in [0.2, 0.25) is 0 Å². The molecular formula is C17H15BrF2N2O2. The maximum Gasteiger partial charge on any atom is 0.387 e. The highest BCUT2D eigenvalue weighted by molar-refractivity contribution is 9.10. The van der Waals surface area contributed by atoms with E-state index in [1.165, 1.54) is 6.07 Å². The van der Waals surface area contributed by atoms with Gasteiger partial charge in [0.25, 0.3) is 0 Å². The van der Waals surface area contributed by atoms with Crippen LogP contribution in [-0.4, -0.2) is 42.9 Å². The molecule has 0 spiro atoms. The molecule has 2 rings (SSSR count). The van der Waals surface area contributed by atoms with Crippen molar-refractivity contribution in [3.05, 3.63) is 40.0 Å². The lowest BCUT2D eigenvalue weighted by molar-refractivity contribution is -0.0502. The van der Waals surface area contributed by atoms with Crippen LogP contribution in [0.4, 0.5) is 8.78 Å². The molecule has 0 radical (unpaired) electrons. The number of allylic oxidation sites excluding steroid dienone is 1. The molecule has 0 unspecified atom stereocenters. The Hall–Kier alpha value is -2.17. The van der Waals surface area contributed by atoms with E-state index in [9.17, 15) is 13.6 Å². The zero-order valence-corrected chi connectivity index (χ0v) is 14.7. The van der Waals surface area contributed by atoms with Gasteiger partial charge >= 0.3 is 6.61 Å². The molecule has 2 aromatic rings. The number of ether oxygens (including phenoxy) is 1. The molecule has 0 aliphatic rings. The van der Waals surface area contributed by atoms with E-state index in [1.807, 2.05) is 19.0 Å². The molecule has 1 N–H and O–H groups in total. The Balaban J connectivity index is 2.38. The molecule has 0 bridgehead atoms. The first kappa shape index (κ1) is 18.2. The summed E-state index contributed by atoms with van der Waals surface area (Å²) in [5, 5.41) is 0.571. The van der Waals surface area contributed by atoms with Crippen LogP contribution in [0.15, 0.2) is 34.3 Å². The minimum absolute atomic E-state index is 0.00387. The largest absolute Gasteiger partial charge is 0.434 e. The molecule has 1 heterocycles. The Bertz CT molecular complexity index is 835. The van der Waals surface area contributed by atoms with Gasteiger partial charge in [-0.2, -0.15) is 8.78 Å². The summed E-state index contributed by atoms with van der Waals surface area (Å²) >= 11 is 3.16. The first-order chi connectivity index (χ1) is 11.3. The molecule has 0 fully saturated rings. The Morgan fingerprint density at radius 2 is 2.17 bits per heavy atom. The average molecular weight is 397 g/mol. The third-order valence-electron chi connectivity index (χ3n) is 3.19. The summed E-state index contributed by atoms with van der Waals surface area (Å²) in [7, 11) is 3.72. The minimum atomic E-state index is -2.93. The van der Waals surface area contributed by atoms with E-state index in [-0.39, 0.29) is 22.8 Å². The monoisotopic (exact) mass is 396 g/mol. The fraction of sp³-hybridized carbons (Fsp3) is 0.235. The zero-order chi connectivity index (χ0) is 17.9. The fourth-order valence-electron chi connectivity index (χ4n) is 2.08. The van der Waals surface area contributed by atoms with Crippen molar-refractivity contribution in [2.24, 2.45) is 0 Å². The van der Waals surface area contributed by atoms with Crippen molar-refractivity contribution < 1.29 is 18.3 Å². The van der Waals surface area contributed by atoms with Gasteiger partial charge in [0.2, 0.25) is 5.78 Å². The number of rotatable bonds is 6. The number of terminal acetylenes is 1. The van der Waals surface area contributed by atoms with E-state index >= 15 is 0 Å². The molecular weight excluding hydrogens is 382 g/mol. The number of carbonyl (C=O) groups is 1. The summed E-state index contributed by atoms with van der Waals surface area (Å²) < 4.78 is 29.6. The highest BCUT2D eigenvalue weighted by Gasteiger charge is 2.16. The number of nitrogens with zero attached hydrogens (tertiary/aromatic N) is 1. The van der Waals surface area contributed by atoms with Crippen molar-refractivity contribution in [1.29, 1.82) is 0 Å². The number of aromatic amines is 1. The van der Waals surface area contributed by atoms with Crippen molar-refractivity contribution in [3.63, 3.8) is 0 Å². The van der Waals surface area contributed by atoms with Crippen molar-refractivity contribution in [1.82, 2.24) is 9.88 Å². The predicted octanol–water partition coefficient (Wildman–Crippen LogP) is 3.84. The van der Waals surface area contributed by atoms with E-state index in [2.05, 4.69) is 31.6 Å². The van der Waals surface area contributed by atoms with E-state index in [1.54, 1.807) is 18.2 Å². The number of aromatic nitrogens is 1. The van der Waals surface area contributed by atoms with Crippen LogP contribution in [0.1, 0.15) is 10.5 Å². The number of hydrogen-bond donors (Lipinski definition) is 1. The quantitative estimate of drug-likeness (QED) is 0.458. The van der Waals surface area contributed by atoms with Crippen LogP contribution in [0, 0.1) is 12.3 Å². The van der Waals surface area contributed by atoms with Gasteiger partial charge in [0.15, 0.2) is 0 Å². The minimum Gasteiger partial charge on any atom is -0.434 e. The summed E-state index contributed by atoms with van der Waals surface area (Å²) in [6.45, 7) is -2.40. The summed E-state index contributed by atoms with van der Waals surface area (Å²) in [5.74, 6) is 2.05. The van der Waals surface area contributed by atoms with Gasteiger partial charge in [-0.3, -0.25) is 4.79 Å². The van der Waals surface area contributed by atoms with Gasteiger partial charge in [0.05, 0.1) is 15.7 Å². The average Bonchev–Trinajstić information content (AvgIpc) is 2.90. The molecule has 0 saturated carbocycles. The van der Waals surface area contributed by atoms with Crippen LogP contribution in [0.3, 0.4) is 0 Å². The van der Waals surface area contributed by atoms with E-state index < -0.39 is 6.61 Å². The SMILES string of the molecule is C#C/C(=C\CN(C)C)C(=O)c1cc2cc(OC(F)F)c(Br)cc2[nH]1. The van der Waals surface area contributed by atoms with Gasteiger partial charge in [-0.1, -0.05) is 12.0 Å². The lowest BCUT2D eigenvalue weighted by atomic mass is 10.1. The molecule has 4 nitrogen and oxygen atoms in total. The second-order valence-corrected chi connectivity index (χ2v) is 6.14. The highest BCUT2D eigenvalue weighted by Crippen LogP contribution is 2.32. The molecule has 1 aromatic heterocycles. The van der Waals surface area contributed by atoms with Gasteiger partial charge < -0.3 is 14.6 Å². The Morgan fingerprint density at radius 3 is 2.75 bits per heavy atom. The topological polar surface area (TPSA) is 45.3 Å². The van der Waals surface area contributed by atoms with Gasteiger partial charge in [0.1, 0.15) is 5.75 Å². The van der Waals surface area contributed by atoms with Crippen molar-refractivity contribution >= 4 is 32.6 Å². The summed E-state index contributed by atoms with van der Waals surface area (Å²) in [4.78, 5) is 17.3. The van der Waals surface area contributed by atoms with E-state index in [4.69, 9.17) is 6.42 Å². The molecule has 0 aliphatic carbocycles. The number of carbonyl (C=O) groups excluding carboxylic acids is 1. The number of Topliss-reactive ketones (excluding diaryl/α,β-unsaturated/α-hetero) is 1. The standard InChI is InChI=1S/C17H15BrF2N2O2/c1-4-10(5-6-22(2)3)16(23)14-7-11-8-15(24-17(19)20)12(18)9-13(11)21-14/h1,5,7-9,17,21H,6H2,2-3H3/b10-5+. The number of H-pyrrole nitrogens is 1. The second kappa shape index (κ2) is 7.60. The third kappa shape index (κ3) is 4.22. The molecule has 0 amide bonds. The first-order valence-corrected chi connectivity index (χ1v) is 7.74. The van der Waals surface area contributed by atoms with Gasteiger partial charge in [-0.25, -0.2) is 0 Å². The summed E-state index contributed by atoms with van der Waals surface area (Å²) in [6, 6.07) is 4.56. The van der Waals surface area contributed by atoms with Gasteiger partial charge in [-0.15, -0.1) is 6.42 Å². The Kier molecular flexibility index (Phi) is 5.75. The van der Waals surface area contributed by atoms with Crippen LogP contribution < -0.4 is 4.74 Å². The van der Waals surface area contributed by atoms with E-state index in [0.717, 1.165) is 0 Å².